The number of hydrogen-bond donors (Lipinski definition) is 4. The Morgan fingerprint density at radius 2 is 1.63 bits per heavy atom. The molecule has 41 heavy (non-hydrogen) atoms. The van der Waals surface area contributed by atoms with E-state index in [9.17, 15) is 14.4 Å². The lowest BCUT2D eigenvalue weighted by molar-refractivity contribution is -0.170. The van der Waals surface area contributed by atoms with E-state index in [2.05, 4.69) is 58.4 Å². The van der Waals surface area contributed by atoms with Crippen LogP contribution in [0.1, 0.15) is 41.0 Å². The van der Waals surface area contributed by atoms with E-state index in [-0.39, 0.29) is 0 Å². The summed E-state index contributed by atoms with van der Waals surface area (Å²) < 4.78 is 11.4. The van der Waals surface area contributed by atoms with Crippen molar-refractivity contribution in [1.82, 2.24) is 15.0 Å². The summed E-state index contributed by atoms with van der Waals surface area (Å²) in [4.78, 5) is 37.2. The molecule has 0 aliphatic carbocycles. The number of aryl methyl sites for hydroxylation is 2. The van der Waals surface area contributed by atoms with E-state index in [1.165, 1.54) is 16.7 Å². The summed E-state index contributed by atoms with van der Waals surface area (Å²) >= 11 is 0. The average molecular weight is 570 g/mol. The number of aliphatic hydroxyl groups is 1. The number of carbonyl (C=O) groups is 3. The van der Waals surface area contributed by atoms with Crippen molar-refractivity contribution in [1.29, 1.82) is 0 Å². The molecule has 1 aliphatic heterocycles. The Labute approximate surface area is 237 Å². The minimum atomic E-state index is -2.74. The summed E-state index contributed by atoms with van der Waals surface area (Å²) in [6.45, 7) is 7.41. The van der Waals surface area contributed by atoms with Crippen LogP contribution in [0.4, 0.5) is 0 Å². The number of carboxylic acids is 3. The number of carboxylic acid groups (broad SMARTS) is 3. The first-order chi connectivity index (χ1) is 19.5. The number of nitrogens with zero attached hydrogens (tertiary/aromatic N) is 3. The largest absolute Gasteiger partial charge is 0.481 e. The maximum absolute atomic E-state index is 10.3. The molecule has 4 N–H and O–H groups in total. The zero-order valence-electron chi connectivity index (χ0n) is 23.0. The summed E-state index contributed by atoms with van der Waals surface area (Å²) in [6, 6.07) is 15.2. The molecule has 0 unspecified atom stereocenters. The number of ether oxygens (including phenoxy) is 1. The van der Waals surface area contributed by atoms with Crippen LogP contribution in [-0.4, -0.2) is 78.2 Å². The van der Waals surface area contributed by atoms with Gasteiger partial charge in [-0.2, -0.15) is 0 Å². The third-order valence-electron chi connectivity index (χ3n) is 6.83. The zero-order valence-corrected chi connectivity index (χ0v) is 23.0. The lowest BCUT2D eigenvalue weighted by Crippen LogP contribution is -2.42. The number of pyridine rings is 1. The van der Waals surface area contributed by atoms with Crippen molar-refractivity contribution in [2.75, 3.05) is 13.2 Å². The second-order valence-corrected chi connectivity index (χ2v) is 10.2. The molecule has 1 aliphatic rings. The number of rotatable bonds is 12. The van der Waals surface area contributed by atoms with E-state index in [4.69, 9.17) is 29.7 Å². The Hall–Kier alpha value is -4.13. The molecular formula is C29H35N3O9. The Kier molecular flexibility index (Phi) is 11.1. The van der Waals surface area contributed by atoms with Crippen molar-refractivity contribution >= 4 is 17.9 Å². The molecule has 0 spiro atoms. The molecule has 2 aromatic heterocycles. The molecule has 0 bridgehead atoms. The molecule has 12 nitrogen and oxygen atoms in total. The molecule has 0 radical (unpaired) electrons. The Balaban J connectivity index is 0.000000302. The molecule has 0 amide bonds. The van der Waals surface area contributed by atoms with Crippen molar-refractivity contribution < 1.29 is 44.1 Å². The van der Waals surface area contributed by atoms with Crippen LogP contribution < -0.4 is 0 Å². The van der Waals surface area contributed by atoms with Crippen molar-refractivity contribution in [3.63, 3.8) is 0 Å². The number of aromatic nitrogens is 2. The molecule has 1 saturated heterocycles. The minimum Gasteiger partial charge on any atom is -0.481 e. The molecule has 4 rings (SSSR count). The highest BCUT2D eigenvalue weighted by Crippen LogP contribution is 2.27. The number of benzene rings is 1. The van der Waals surface area contributed by atoms with E-state index in [1.807, 2.05) is 25.4 Å². The van der Waals surface area contributed by atoms with Gasteiger partial charge in [-0.05, 0) is 42.7 Å². The van der Waals surface area contributed by atoms with Gasteiger partial charge in [0, 0.05) is 49.9 Å². The molecule has 1 aromatic carbocycles. The molecular weight excluding hydrogens is 534 g/mol. The fourth-order valence-electron chi connectivity index (χ4n) is 4.69. The molecule has 3 aromatic rings. The minimum absolute atomic E-state index is 0.332. The molecule has 0 saturated carbocycles. The maximum Gasteiger partial charge on any atom is 0.336 e. The van der Waals surface area contributed by atoms with Crippen LogP contribution in [-0.2, 0) is 38.6 Å². The fourth-order valence-corrected chi connectivity index (χ4v) is 4.69. The summed E-state index contributed by atoms with van der Waals surface area (Å²) in [7, 11) is 0. The predicted molar refractivity (Wildman–Crippen MR) is 145 cm³/mol. The van der Waals surface area contributed by atoms with E-state index < -0.39 is 36.4 Å². The third kappa shape index (κ3) is 9.48. The van der Waals surface area contributed by atoms with Gasteiger partial charge < -0.3 is 29.7 Å². The SMILES string of the molecule is Cc1cc(C[C@@H]2COC[C@H]2N(Cc2ccncc2)Cc2ccccc2C)on1.O=C(O)CC(O)(CC(=O)O)C(=O)O. The first-order valence-corrected chi connectivity index (χ1v) is 13.0. The highest BCUT2D eigenvalue weighted by atomic mass is 16.5. The molecule has 220 valence electrons. The van der Waals surface area contributed by atoms with Gasteiger partial charge in [-0.15, -0.1) is 0 Å². The normalized spacial score (nSPS) is 16.7. The van der Waals surface area contributed by atoms with Crippen LogP contribution in [0, 0.1) is 19.8 Å². The highest BCUT2D eigenvalue weighted by Gasteiger charge is 2.40. The van der Waals surface area contributed by atoms with Crippen molar-refractivity contribution in [3.8, 4) is 0 Å². The number of hydrogen-bond acceptors (Lipinski definition) is 9. The van der Waals surface area contributed by atoms with Crippen LogP contribution in [0.3, 0.4) is 0 Å². The van der Waals surface area contributed by atoms with Gasteiger partial charge in [0.25, 0.3) is 0 Å². The summed E-state index contributed by atoms with van der Waals surface area (Å²) in [5, 5.41) is 37.9. The van der Waals surface area contributed by atoms with Crippen LogP contribution in [0.5, 0.6) is 0 Å². The second-order valence-electron chi connectivity index (χ2n) is 10.2. The van der Waals surface area contributed by atoms with E-state index in [1.54, 1.807) is 0 Å². The van der Waals surface area contributed by atoms with Gasteiger partial charge in [0.15, 0.2) is 5.60 Å². The van der Waals surface area contributed by atoms with Gasteiger partial charge in [0.05, 0.1) is 31.7 Å². The molecule has 1 fully saturated rings. The number of aliphatic carboxylic acids is 3. The van der Waals surface area contributed by atoms with Crippen LogP contribution in [0.2, 0.25) is 0 Å². The zero-order chi connectivity index (χ0) is 30.0. The summed E-state index contributed by atoms with van der Waals surface area (Å²) in [5.41, 5.74) is 2.14. The van der Waals surface area contributed by atoms with Gasteiger partial charge >= 0.3 is 17.9 Å². The first kappa shape index (κ1) is 31.4. The van der Waals surface area contributed by atoms with Gasteiger partial charge in [0.2, 0.25) is 0 Å². The Morgan fingerprint density at radius 1 is 0.976 bits per heavy atom. The van der Waals surface area contributed by atoms with Crippen molar-refractivity contribution in [3.05, 3.63) is 83.0 Å². The average Bonchev–Trinajstić information content (AvgIpc) is 3.53. The van der Waals surface area contributed by atoms with Gasteiger partial charge in [0.1, 0.15) is 5.76 Å². The maximum atomic E-state index is 10.3. The van der Waals surface area contributed by atoms with Gasteiger partial charge in [-0.1, -0.05) is 29.4 Å². The fraction of sp³-hybridized carbons (Fsp3) is 0.414. The Bertz CT molecular complexity index is 1300. The third-order valence-corrected chi connectivity index (χ3v) is 6.83. The van der Waals surface area contributed by atoms with Crippen LogP contribution >= 0.6 is 0 Å². The van der Waals surface area contributed by atoms with Gasteiger partial charge in [-0.3, -0.25) is 19.5 Å². The van der Waals surface area contributed by atoms with E-state index in [0.717, 1.165) is 44.2 Å². The van der Waals surface area contributed by atoms with E-state index >= 15 is 0 Å². The molecule has 12 heteroatoms. The first-order valence-electron chi connectivity index (χ1n) is 13.0. The molecule has 3 heterocycles. The Morgan fingerprint density at radius 3 is 2.20 bits per heavy atom. The topological polar surface area (TPSA) is 184 Å². The summed E-state index contributed by atoms with van der Waals surface area (Å²) in [6.07, 6.45) is 2.29. The predicted octanol–water partition coefficient (Wildman–Crippen LogP) is 2.70. The highest BCUT2D eigenvalue weighted by molar-refractivity contribution is 5.88. The van der Waals surface area contributed by atoms with Crippen molar-refractivity contribution in [2.24, 2.45) is 5.92 Å². The standard InChI is InChI=1S/C23H27N3O2.C6H8O7/c1-17-5-3-4-6-20(17)14-26(13-19-7-9-24-10-8-19)23-16-27-15-21(23)12-22-11-18(2)25-28-22;7-3(8)1-6(13,5(11)12)2-4(9)10/h3-11,21,23H,12-16H2,1-2H3;13H,1-2H2,(H,7,8)(H,9,10)(H,11,12)/t21-,23-;/m1./s1. The monoisotopic (exact) mass is 569 g/mol. The smallest absolute Gasteiger partial charge is 0.336 e. The van der Waals surface area contributed by atoms with Crippen molar-refractivity contribution in [2.45, 2.75) is 57.8 Å². The van der Waals surface area contributed by atoms with Crippen LogP contribution in [0.15, 0.2) is 59.4 Å². The van der Waals surface area contributed by atoms with Crippen LogP contribution in [0.25, 0.3) is 0 Å². The van der Waals surface area contributed by atoms with E-state index in [0.29, 0.717) is 12.0 Å². The second kappa shape index (κ2) is 14.5. The molecule has 2 atom stereocenters. The summed E-state index contributed by atoms with van der Waals surface area (Å²) in [5.74, 6) is -3.69. The lowest BCUT2D eigenvalue weighted by atomic mass is 9.95. The van der Waals surface area contributed by atoms with Gasteiger partial charge in [-0.25, -0.2) is 4.79 Å². The quantitative estimate of drug-likeness (QED) is 0.250. The lowest BCUT2D eigenvalue weighted by Gasteiger charge is -2.32.